The van der Waals surface area contributed by atoms with E-state index in [1.807, 2.05) is 24.3 Å². The van der Waals surface area contributed by atoms with Crippen molar-refractivity contribution in [3.8, 4) is 0 Å². The highest BCUT2D eigenvalue weighted by Crippen LogP contribution is 2.09. The van der Waals surface area contributed by atoms with E-state index in [0.29, 0.717) is 12.8 Å². The van der Waals surface area contributed by atoms with E-state index in [4.69, 9.17) is 8.83 Å². The first-order valence-corrected chi connectivity index (χ1v) is 8.52. The van der Waals surface area contributed by atoms with Crippen molar-refractivity contribution < 1.29 is 18.4 Å². The summed E-state index contributed by atoms with van der Waals surface area (Å²) >= 11 is 0. The van der Waals surface area contributed by atoms with E-state index in [1.165, 1.54) is 12.2 Å². The van der Waals surface area contributed by atoms with Gasteiger partial charge in [0.1, 0.15) is 11.5 Å². The molecule has 128 valence electrons. The minimum atomic E-state index is 0.0124. The second kappa shape index (κ2) is 10.4. The van der Waals surface area contributed by atoms with Crippen LogP contribution in [0, 0.1) is 0 Å². The minimum Gasteiger partial charge on any atom is -0.469 e. The van der Waals surface area contributed by atoms with Gasteiger partial charge < -0.3 is 8.83 Å². The first-order chi connectivity index (χ1) is 11.7. The normalized spacial score (nSPS) is 11.2. The molecule has 0 aliphatic heterocycles. The van der Waals surface area contributed by atoms with Crippen LogP contribution in [-0.2, 0) is 22.4 Å². The fourth-order valence-corrected chi connectivity index (χ4v) is 2.46. The molecule has 0 aliphatic rings. The molecule has 2 rings (SSSR count). The third kappa shape index (κ3) is 7.27. The number of carbonyl (C=O) groups excluding carboxylic acids is 2. The molecule has 0 saturated carbocycles. The zero-order valence-corrected chi connectivity index (χ0v) is 13.9. The van der Waals surface area contributed by atoms with Gasteiger partial charge in [-0.25, -0.2) is 0 Å². The number of unbranched alkanes of at least 4 members (excludes halogenated alkanes) is 2. The molecule has 4 heteroatoms. The van der Waals surface area contributed by atoms with Crippen LogP contribution in [-0.4, -0.2) is 11.6 Å². The standard InChI is InChI=1S/C20H24O4/c21-17(7-1-3-9-19-11-5-15-23-19)13-14-18(22)8-2-4-10-20-12-6-16-24-20/h5-6,11-16H,1-4,7-10H2/b14-13+. The average molecular weight is 328 g/mol. The average Bonchev–Trinajstić information content (AvgIpc) is 3.27. The number of furan rings is 2. The maximum Gasteiger partial charge on any atom is 0.155 e. The van der Waals surface area contributed by atoms with E-state index in [-0.39, 0.29) is 11.6 Å². The summed E-state index contributed by atoms with van der Waals surface area (Å²) < 4.78 is 10.5. The van der Waals surface area contributed by atoms with Gasteiger partial charge in [0.25, 0.3) is 0 Å². The molecular formula is C20H24O4. The Labute approximate surface area is 142 Å². The molecule has 24 heavy (non-hydrogen) atoms. The summed E-state index contributed by atoms with van der Waals surface area (Å²) in [6, 6.07) is 7.60. The van der Waals surface area contributed by atoms with Crippen LogP contribution in [0.4, 0.5) is 0 Å². The summed E-state index contributed by atoms with van der Waals surface area (Å²) in [6.07, 6.45) is 12.2. The molecule has 0 atom stereocenters. The molecule has 2 aromatic rings. The number of ketones is 2. The summed E-state index contributed by atoms with van der Waals surface area (Å²) in [5, 5.41) is 0. The van der Waals surface area contributed by atoms with E-state index in [1.54, 1.807) is 12.5 Å². The van der Waals surface area contributed by atoms with Gasteiger partial charge >= 0.3 is 0 Å². The van der Waals surface area contributed by atoms with Crippen molar-refractivity contribution in [2.75, 3.05) is 0 Å². The Balaban J connectivity index is 1.51. The van der Waals surface area contributed by atoms with Crippen LogP contribution < -0.4 is 0 Å². The van der Waals surface area contributed by atoms with E-state index >= 15 is 0 Å². The SMILES string of the molecule is O=C(/C=C/C(=O)CCCCc1ccco1)CCCCc1ccco1. The van der Waals surface area contributed by atoms with Gasteiger partial charge in [0.2, 0.25) is 0 Å². The monoisotopic (exact) mass is 328 g/mol. The van der Waals surface area contributed by atoms with Crippen LogP contribution in [0.1, 0.15) is 50.0 Å². The highest BCUT2D eigenvalue weighted by atomic mass is 16.3. The maximum absolute atomic E-state index is 11.7. The van der Waals surface area contributed by atoms with E-state index in [9.17, 15) is 9.59 Å². The third-order valence-corrected chi connectivity index (χ3v) is 3.81. The highest BCUT2D eigenvalue weighted by molar-refractivity contribution is 5.98. The van der Waals surface area contributed by atoms with Crippen molar-refractivity contribution in [2.24, 2.45) is 0 Å². The van der Waals surface area contributed by atoms with Gasteiger partial charge in [-0.2, -0.15) is 0 Å². The number of allylic oxidation sites excluding steroid dienone is 2. The summed E-state index contributed by atoms with van der Waals surface area (Å²) in [7, 11) is 0. The predicted octanol–water partition coefficient (Wildman–Crippen LogP) is 4.69. The summed E-state index contributed by atoms with van der Waals surface area (Å²) in [5.41, 5.74) is 0. The number of rotatable bonds is 12. The van der Waals surface area contributed by atoms with Gasteiger partial charge in [-0.15, -0.1) is 0 Å². The molecule has 0 saturated heterocycles. The van der Waals surface area contributed by atoms with Crippen molar-refractivity contribution in [1.29, 1.82) is 0 Å². The molecule has 4 nitrogen and oxygen atoms in total. The van der Waals surface area contributed by atoms with Crippen LogP contribution in [0.2, 0.25) is 0 Å². The van der Waals surface area contributed by atoms with Crippen molar-refractivity contribution in [3.63, 3.8) is 0 Å². The fraction of sp³-hybridized carbons (Fsp3) is 0.400. The van der Waals surface area contributed by atoms with Crippen molar-refractivity contribution in [3.05, 3.63) is 60.5 Å². The molecule has 0 unspecified atom stereocenters. The lowest BCUT2D eigenvalue weighted by molar-refractivity contribution is -0.116. The second-order valence-electron chi connectivity index (χ2n) is 5.84. The molecule has 0 aliphatic carbocycles. The molecule has 2 heterocycles. The third-order valence-electron chi connectivity index (χ3n) is 3.81. The van der Waals surface area contributed by atoms with Crippen LogP contribution in [0.5, 0.6) is 0 Å². The lowest BCUT2D eigenvalue weighted by Crippen LogP contribution is -1.98. The smallest absolute Gasteiger partial charge is 0.155 e. The second-order valence-corrected chi connectivity index (χ2v) is 5.84. The van der Waals surface area contributed by atoms with Gasteiger partial charge in [-0.05, 0) is 62.1 Å². The molecule has 0 fully saturated rings. The van der Waals surface area contributed by atoms with Crippen LogP contribution in [0.15, 0.2) is 57.8 Å². The minimum absolute atomic E-state index is 0.0124. The zero-order chi connectivity index (χ0) is 17.0. The molecule has 0 bridgehead atoms. The molecular weight excluding hydrogens is 304 g/mol. The first-order valence-electron chi connectivity index (χ1n) is 8.52. The summed E-state index contributed by atoms with van der Waals surface area (Å²) in [4.78, 5) is 23.4. The molecule has 0 spiro atoms. The quantitative estimate of drug-likeness (QED) is 0.419. The Hall–Kier alpha value is -2.36. The Morgan fingerprint density at radius 1 is 0.750 bits per heavy atom. The Kier molecular flexibility index (Phi) is 7.81. The predicted molar refractivity (Wildman–Crippen MR) is 91.7 cm³/mol. The van der Waals surface area contributed by atoms with Crippen LogP contribution >= 0.6 is 0 Å². The Morgan fingerprint density at radius 2 is 1.21 bits per heavy atom. The maximum atomic E-state index is 11.7. The number of aryl methyl sites for hydroxylation is 2. The van der Waals surface area contributed by atoms with E-state index in [2.05, 4.69) is 0 Å². The lowest BCUT2D eigenvalue weighted by Gasteiger charge is -1.98. The Bertz CT molecular complexity index is 564. The molecule has 0 amide bonds. The van der Waals surface area contributed by atoms with Crippen molar-refractivity contribution in [1.82, 2.24) is 0 Å². The largest absolute Gasteiger partial charge is 0.469 e. The van der Waals surface area contributed by atoms with E-state index < -0.39 is 0 Å². The van der Waals surface area contributed by atoms with Gasteiger partial charge in [0.15, 0.2) is 11.6 Å². The highest BCUT2D eigenvalue weighted by Gasteiger charge is 2.02. The number of hydrogen-bond acceptors (Lipinski definition) is 4. The molecule has 0 aromatic carbocycles. The van der Waals surface area contributed by atoms with Gasteiger partial charge in [-0.1, -0.05) is 0 Å². The first kappa shape index (κ1) is 18.0. The van der Waals surface area contributed by atoms with Crippen LogP contribution in [0.25, 0.3) is 0 Å². The van der Waals surface area contributed by atoms with Gasteiger partial charge in [-0.3, -0.25) is 9.59 Å². The number of carbonyl (C=O) groups is 2. The molecule has 0 N–H and O–H groups in total. The van der Waals surface area contributed by atoms with Crippen LogP contribution in [0.3, 0.4) is 0 Å². The van der Waals surface area contributed by atoms with Crippen molar-refractivity contribution in [2.45, 2.75) is 51.4 Å². The van der Waals surface area contributed by atoms with Crippen molar-refractivity contribution >= 4 is 11.6 Å². The summed E-state index contributed by atoms with van der Waals surface area (Å²) in [6.45, 7) is 0. The molecule has 0 radical (unpaired) electrons. The topological polar surface area (TPSA) is 60.4 Å². The van der Waals surface area contributed by atoms with E-state index in [0.717, 1.165) is 50.0 Å². The lowest BCUT2D eigenvalue weighted by atomic mass is 10.1. The number of hydrogen-bond donors (Lipinski definition) is 0. The summed E-state index contributed by atoms with van der Waals surface area (Å²) in [5.74, 6) is 1.92. The van der Waals surface area contributed by atoms with Gasteiger partial charge in [0.05, 0.1) is 12.5 Å². The fourth-order valence-electron chi connectivity index (χ4n) is 2.46. The molecule has 2 aromatic heterocycles. The van der Waals surface area contributed by atoms with Gasteiger partial charge in [0, 0.05) is 25.7 Å². The Morgan fingerprint density at radius 3 is 1.58 bits per heavy atom. The zero-order valence-electron chi connectivity index (χ0n) is 13.9.